The van der Waals surface area contributed by atoms with E-state index in [9.17, 15) is 17.6 Å². The number of benzene rings is 1. The number of piperidine rings is 1. The highest BCUT2D eigenvalue weighted by Gasteiger charge is 2.28. The van der Waals surface area contributed by atoms with Crippen LogP contribution in [0.2, 0.25) is 0 Å². The zero-order chi connectivity index (χ0) is 14.0. The van der Waals surface area contributed by atoms with Crippen LogP contribution in [0, 0.1) is 5.82 Å². The fraction of sp³-hybridized carbons (Fsp3) is 0.364. The van der Waals surface area contributed by atoms with E-state index in [0.717, 1.165) is 18.2 Å². The molecule has 0 aromatic heterocycles. The Morgan fingerprint density at radius 2 is 2.16 bits per heavy atom. The molecule has 1 aliphatic heterocycles. The monoisotopic (exact) mass is 350 g/mol. The van der Waals surface area contributed by atoms with Gasteiger partial charge in [-0.2, -0.15) is 4.72 Å². The Morgan fingerprint density at radius 3 is 2.79 bits per heavy atom. The lowest BCUT2D eigenvalue weighted by Gasteiger charge is -2.22. The quantitative estimate of drug-likeness (QED) is 0.858. The Kier molecular flexibility index (Phi) is 4.22. The standard InChI is InChI=1S/C11H12BrFN2O3S/c12-8-6-7(13)3-4-10(8)19(17,18)15-9-2-1-5-14-11(9)16/h3-4,6,9,15H,1-2,5H2,(H,14,16). The number of sulfonamides is 1. The molecule has 0 aliphatic carbocycles. The summed E-state index contributed by atoms with van der Waals surface area (Å²) in [5.41, 5.74) is 0. The van der Waals surface area contributed by atoms with Gasteiger partial charge in [0.2, 0.25) is 15.9 Å². The topological polar surface area (TPSA) is 75.3 Å². The molecule has 8 heteroatoms. The van der Waals surface area contributed by atoms with Crippen molar-refractivity contribution in [3.8, 4) is 0 Å². The molecule has 1 fully saturated rings. The van der Waals surface area contributed by atoms with E-state index in [-0.39, 0.29) is 15.3 Å². The van der Waals surface area contributed by atoms with Crippen molar-refractivity contribution < 1.29 is 17.6 Å². The summed E-state index contributed by atoms with van der Waals surface area (Å²) in [6.07, 6.45) is 1.16. The summed E-state index contributed by atoms with van der Waals surface area (Å²) in [6, 6.07) is 2.49. The van der Waals surface area contributed by atoms with Gasteiger partial charge in [-0.15, -0.1) is 0 Å². The van der Waals surface area contributed by atoms with Gasteiger partial charge in [-0.05, 0) is 47.0 Å². The third-order valence-corrected chi connectivity index (χ3v) is 5.21. The second-order valence-corrected chi connectivity index (χ2v) is 6.72. The van der Waals surface area contributed by atoms with E-state index < -0.39 is 21.9 Å². The summed E-state index contributed by atoms with van der Waals surface area (Å²) in [5, 5.41) is 2.59. The molecule has 0 saturated carbocycles. The van der Waals surface area contributed by atoms with E-state index in [1.165, 1.54) is 0 Å². The Labute approximate surface area is 118 Å². The molecule has 5 nitrogen and oxygen atoms in total. The van der Waals surface area contributed by atoms with Crippen LogP contribution in [-0.4, -0.2) is 26.9 Å². The molecule has 2 N–H and O–H groups in total. The van der Waals surface area contributed by atoms with E-state index in [2.05, 4.69) is 26.0 Å². The Balaban J connectivity index is 2.24. The van der Waals surface area contributed by atoms with Crippen LogP contribution < -0.4 is 10.0 Å². The Hall–Kier alpha value is -0.990. The molecular formula is C11H12BrFN2O3S. The molecule has 1 aromatic carbocycles. The highest BCUT2D eigenvalue weighted by molar-refractivity contribution is 9.10. The van der Waals surface area contributed by atoms with E-state index >= 15 is 0 Å². The second kappa shape index (κ2) is 5.56. The van der Waals surface area contributed by atoms with Crippen LogP contribution in [0.4, 0.5) is 4.39 Å². The van der Waals surface area contributed by atoms with Crippen LogP contribution >= 0.6 is 15.9 Å². The second-order valence-electron chi connectivity index (χ2n) is 4.18. The smallest absolute Gasteiger partial charge is 0.242 e. The van der Waals surface area contributed by atoms with Crippen LogP contribution in [-0.2, 0) is 14.8 Å². The first-order valence-electron chi connectivity index (χ1n) is 5.65. The minimum atomic E-state index is -3.86. The van der Waals surface area contributed by atoms with Crippen molar-refractivity contribution in [2.75, 3.05) is 6.54 Å². The van der Waals surface area contributed by atoms with Crippen molar-refractivity contribution in [1.82, 2.24) is 10.0 Å². The predicted molar refractivity (Wildman–Crippen MR) is 70.5 cm³/mol. The summed E-state index contributed by atoms with van der Waals surface area (Å²) in [6.45, 7) is 0.553. The van der Waals surface area contributed by atoms with E-state index in [1.54, 1.807) is 0 Å². The zero-order valence-electron chi connectivity index (χ0n) is 9.82. The molecule has 1 unspecified atom stereocenters. The third-order valence-electron chi connectivity index (χ3n) is 2.77. The average molecular weight is 351 g/mol. The molecule has 1 amide bonds. The Morgan fingerprint density at radius 1 is 1.42 bits per heavy atom. The average Bonchev–Trinajstić information content (AvgIpc) is 2.31. The first kappa shape index (κ1) is 14.4. The van der Waals surface area contributed by atoms with Gasteiger partial charge >= 0.3 is 0 Å². The molecule has 0 bridgehead atoms. The molecule has 0 spiro atoms. The minimum Gasteiger partial charge on any atom is -0.355 e. The number of halogens is 2. The van der Waals surface area contributed by atoms with Gasteiger partial charge in [0.1, 0.15) is 11.9 Å². The molecule has 1 aliphatic rings. The molecule has 0 radical (unpaired) electrons. The summed E-state index contributed by atoms with van der Waals surface area (Å²) >= 11 is 3.00. The summed E-state index contributed by atoms with van der Waals surface area (Å²) in [4.78, 5) is 11.4. The number of nitrogens with one attached hydrogen (secondary N) is 2. The van der Waals surface area contributed by atoms with Crippen molar-refractivity contribution in [1.29, 1.82) is 0 Å². The van der Waals surface area contributed by atoms with Crippen molar-refractivity contribution in [3.63, 3.8) is 0 Å². The normalized spacial score (nSPS) is 20.1. The van der Waals surface area contributed by atoms with Crippen LogP contribution in [0.15, 0.2) is 27.6 Å². The number of hydrogen-bond donors (Lipinski definition) is 2. The fourth-order valence-corrected chi connectivity index (χ4v) is 4.11. The molecule has 19 heavy (non-hydrogen) atoms. The lowest BCUT2D eigenvalue weighted by atomic mass is 10.1. The van der Waals surface area contributed by atoms with E-state index in [1.807, 2.05) is 0 Å². The zero-order valence-corrected chi connectivity index (χ0v) is 12.2. The van der Waals surface area contributed by atoms with Crippen LogP contribution in [0.5, 0.6) is 0 Å². The number of rotatable bonds is 3. The minimum absolute atomic E-state index is 0.0905. The highest BCUT2D eigenvalue weighted by atomic mass is 79.9. The summed E-state index contributed by atoms with van der Waals surface area (Å²) in [7, 11) is -3.86. The van der Waals surface area contributed by atoms with Gasteiger partial charge in [0.15, 0.2) is 0 Å². The van der Waals surface area contributed by atoms with Gasteiger partial charge in [-0.25, -0.2) is 12.8 Å². The maximum absolute atomic E-state index is 12.9. The number of amides is 1. The molecule has 2 rings (SSSR count). The first-order chi connectivity index (χ1) is 8.90. The summed E-state index contributed by atoms with van der Waals surface area (Å²) < 4.78 is 39.7. The molecule has 1 heterocycles. The van der Waals surface area contributed by atoms with Gasteiger partial charge < -0.3 is 5.32 Å². The van der Waals surface area contributed by atoms with Crippen LogP contribution in [0.25, 0.3) is 0 Å². The maximum atomic E-state index is 12.9. The predicted octanol–water partition coefficient (Wildman–Crippen LogP) is 1.15. The molecule has 1 atom stereocenters. The van der Waals surface area contributed by atoms with Gasteiger partial charge in [0.25, 0.3) is 0 Å². The fourth-order valence-electron chi connectivity index (χ4n) is 1.83. The maximum Gasteiger partial charge on any atom is 0.242 e. The van der Waals surface area contributed by atoms with Gasteiger partial charge in [0.05, 0.1) is 4.90 Å². The molecule has 1 saturated heterocycles. The first-order valence-corrected chi connectivity index (χ1v) is 7.93. The summed E-state index contributed by atoms with van der Waals surface area (Å²) in [5.74, 6) is -0.880. The lowest BCUT2D eigenvalue weighted by Crippen LogP contribution is -2.50. The van der Waals surface area contributed by atoms with Crippen LogP contribution in [0.1, 0.15) is 12.8 Å². The highest BCUT2D eigenvalue weighted by Crippen LogP contribution is 2.23. The van der Waals surface area contributed by atoms with Crippen molar-refractivity contribution in [2.24, 2.45) is 0 Å². The van der Waals surface area contributed by atoms with Gasteiger partial charge in [-0.1, -0.05) is 0 Å². The van der Waals surface area contributed by atoms with Crippen molar-refractivity contribution in [2.45, 2.75) is 23.8 Å². The SMILES string of the molecule is O=C1NCCCC1NS(=O)(=O)c1ccc(F)cc1Br. The molecule has 104 valence electrons. The largest absolute Gasteiger partial charge is 0.355 e. The molecular weight excluding hydrogens is 339 g/mol. The van der Waals surface area contributed by atoms with Gasteiger partial charge in [-0.3, -0.25) is 4.79 Å². The number of carbonyl (C=O) groups excluding carboxylic acids is 1. The van der Waals surface area contributed by atoms with E-state index in [4.69, 9.17) is 0 Å². The van der Waals surface area contributed by atoms with Gasteiger partial charge in [0, 0.05) is 11.0 Å². The van der Waals surface area contributed by atoms with Crippen molar-refractivity contribution in [3.05, 3.63) is 28.5 Å². The van der Waals surface area contributed by atoms with Crippen molar-refractivity contribution >= 4 is 31.9 Å². The van der Waals surface area contributed by atoms with Crippen LogP contribution in [0.3, 0.4) is 0 Å². The third kappa shape index (κ3) is 3.31. The lowest BCUT2D eigenvalue weighted by molar-refractivity contribution is -0.124. The van der Waals surface area contributed by atoms with E-state index in [0.29, 0.717) is 19.4 Å². The number of carbonyl (C=O) groups is 1. The molecule has 1 aromatic rings. The Bertz CT molecular complexity index is 606. The number of hydrogen-bond acceptors (Lipinski definition) is 3.